The molecule has 32 heavy (non-hydrogen) atoms. The number of pyridine rings is 1. The van der Waals surface area contributed by atoms with E-state index in [9.17, 15) is 4.39 Å². The van der Waals surface area contributed by atoms with Gasteiger partial charge >= 0.3 is 0 Å². The Balaban J connectivity index is 1.72. The Labute approximate surface area is 187 Å². The van der Waals surface area contributed by atoms with E-state index in [0.717, 1.165) is 65.7 Å². The number of piperazine rings is 1. The van der Waals surface area contributed by atoms with Crippen LogP contribution in [0.25, 0.3) is 22.3 Å². The zero-order chi connectivity index (χ0) is 22.2. The first kappa shape index (κ1) is 20.6. The van der Waals surface area contributed by atoms with Crippen molar-refractivity contribution in [3.63, 3.8) is 0 Å². The van der Waals surface area contributed by atoms with Crippen LogP contribution in [-0.4, -0.2) is 40.7 Å². The van der Waals surface area contributed by atoms with Crippen molar-refractivity contribution in [2.45, 2.75) is 27.3 Å². The Hall–Kier alpha value is -3.25. The van der Waals surface area contributed by atoms with Crippen molar-refractivity contribution in [1.29, 1.82) is 0 Å². The van der Waals surface area contributed by atoms with E-state index in [0.29, 0.717) is 12.1 Å². The van der Waals surface area contributed by atoms with Crippen molar-refractivity contribution < 1.29 is 4.39 Å². The Morgan fingerprint density at radius 3 is 2.47 bits per heavy atom. The second-order valence-electron chi connectivity index (χ2n) is 8.61. The highest BCUT2D eigenvalue weighted by atomic mass is 19.1. The maximum atomic E-state index is 13.9. The molecule has 1 N–H and O–H groups in total. The molecule has 0 bridgehead atoms. The summed E-state index contributed by atoms with van der Waals surface area (Å²) in [4.78, 5) is 12.4. The van der Waals surface area contributed by atoms with Gasteiger partial charge in [0.25, 0.3) is 0 Å². The fraction of sp³-hybridized carbons (Fsp3) is 0.308. The lowest BCUT2D eigenvalue weighted by atomic mass is 10.0. The average Bonchev–Trinajstić information content (AvgIpc) is 3.15. The lowest BCUT2D eigenvalue weighted by molar-refractivity contribution is 0.571. The third-order valence-electron chi connectivity index (χ3n) is 6.21. The van der Waals surface area contributed by atoms with E-state index in [1.165, 1.54) is 5.56 Å². The molecule has 0 radical (unpaired) electrons. The first-order chi connectivity index (χ1) is 15.5. The number of halogens is 1. The van der Waals surface area contributed by atoms with E-state index in [4.69, 9.17) is 9.97 Å². The number of aryl methyl sites for hydroxylation is 3. The van der Waals surface area contributed by atoms with Gasteiger partial charge in [0.1, 0.15) is 11.3 Å². The summed E-state index contributed by atoms with van der Waals surface area (Å²) in [5.74, 6) is 0.777. The van der Waals surface area contributed by atoms with E-state index in [-0.39, 0.29) is 5.82 Å². The maximum absolute atomic E-state index is 13.9. The number of aromatic nitrogens is 3. The Morgan fingerprint density at radius 2 is 1.72 bits per heavy atom. The van der Waals surface area contributed by atoms with Gasteiger partial charge < -0.3 is 14.8 Å². The van der Waals surface area contributed by atoms with Crippen molar-refractivity contribution in [3.05, 3.63) is 76.7 Å². The highest BCUT2D eigenvalue weighted by Gasteiger charge is 2.22. The number of hydrogen-bond acceptors (Lipinski definition) is 4. The van der Waals surface area contributed by atoms with Crippen molar-refractivity contribution in [2.24, 2.45) is 0 Å². The van der Waals surface area contributed by atoms with Crippen LogP contribution in [0.2, 0.25) is 0 Å². The largest absolute Gasteiger partial charge is 0.340 e. The van der Waals surface area contributed by atoms with Gasteiger partial charge in [-0.05, 0) is 49.6 Å². The lowest BCUT2D eigenvalue weighted by Gasteiger charge is -2.29. The van der Waals surface area contributed by atoms with Gasteiger partial charge in [0.2, 0.25) is 5.95 Å². The van der Waals surface area contributed by atoms with E-state index in [1.54, 1.807) is 6.07 Å². The fourth-order valence-electron chi connectivity index (χ4n) is 4.51. The van der Waals surface area contributed by atoms with Gasteiger partial charge in [-0.2, -0.15) is 0 Å². The van der Waals surface area contributed by atoms with Crippen LogP contribution in [0.5, 0.6) is 0 Å². The molecule has 5 nitrogen and oxygen atoms in total. The number of benzene rings is 2. The zero-order valence-electron chi connectivity index (χ0n) is 18.8. The molecule has 0 atom stereocenters. The maximum Gasteiger partial charge on any atom is 0.207 e. The first-order valence-corrected chi connectivity index (χ1v) is 11.2. The molecular formula is C26H28FN5. The van der Waals surface area contributed by atoms with Crippen LogP contribution in [0.4, 0.5) is 10.3 Å². The summed E-state index contributed by atoms with van der Waals surface area (Å²) >= 11 is 0. The number of anilines is 1. The molecule has 5 rings (SSSR count). The summed E-state index contributed by atoms with van der Waals surface area (Å²) < 4.78 is 16.2. The van der Waals surface area contributed by atoms with Crippen LogP contribution in [0.15, 0.2) is 48.5 Å². The van der Waals surface area contributed by atoms with Crippen LogP contribution in [0.1, 0.15) is 22.4 Å². The van der Waals surface area contributed by atoms with Gasteiger partial charge in [0.15, 0.2) is 0 Å². The summed E-state index contributed by atoms with van der Waals surface area (Å²) in [5, 5.41) is 3.42. The molecule has 0 spiro atoms. The highest BCUT2D eigenvalue weighted by molar-refractivity contribution is 5.92. The number of nitrogens with zero attached hydrogens (tertiary/aromatic N) is 4. The molecule has 2 aromatic carbocycles. The molecule has 1 saturated heterocycles. The van der Waals surface area contributed by atoms with E-state index >= 15 is 0 Å². The SMILES string of the molecule is Cc1cc2c(nc(N3CCNCC3)n2Cc2ccc(F)c(C)c2)c(-c2ccccc2C)n1. The second kappa shape index (κ2) is 8.36. The van der Waals surface area contributed by atoms with E-state index in [1.807, 2.05) is 38.1 Å². The number of hydrogen-bond donors (Lipinski definition) is 1. The second-order valence-corrected chi connectivity index (χ2v) is 8.61. The van der Waals surface area contributed by atoms with Gasteiger partial charge in [-0.15, -0.1) is 0 Å². The zero-order valence-corrected chi connectivity index (χ0v) is 18.8. The lowest BCUT2D eigenvalue weighted by Crippen LogP contribution is -2.44. The number of fused-ring (bicyclic) bond motifs is 1. The first-order valence-electron chi connectivity index (χ1n) is 11.2. The van der Waals surface area contributed by atoms with Crippen LogP contribution in [-0.2, 0) is 6.54 Å². The van der Waals surface area contributed by atoms with E-state index in [2.05, 4.69) is 39.9 Å². The minimum atomic E-state index is -0.173. The summed E-state index contributed by atoms with van der Waals surface area (Å²) in [7, 11) is 0. The van der Waals surface area contributed by atoms with Gasteiger partial charge in [0.05, 0.1) is 17.8 Å². The molecule has 0 aliphatic carbocycles. The van der Waals surface area contributed by atoms with Crippen molar-refractivity contribution in [1.82, 2.24) is 19.9 Å². The normalized spacial score (nSPS) is 14.3. The number of nitrogens with one attached hydrogen (secondary N) is 1. The molecule has 164 valence electrons. The quantitative estimate of drug-likeness (QED) is 0.514. The van der Waals surface area contributed by atoms with Crippen molar-refractivity contribution in [2.75, 3.05) is 31.1 Å². The van der Waals surface area contributed by atoms with Gasteiger partial charge in [-0.1, -0.05) is 36.4 Å². The Kier molecular flexibility index (Phi) is 5.39. The third-order valence-corrected chi connectivity index (χ3v) is 6.21. The standard InChI is InChI=1S/C26H28FN5/c1-17-6-4-5-7-21(17)24-25-23(15-19(3)29-24)32(16-20-8-9-22(27)18(2)14-20)26(30-25)31-12-10-28-11-13-31/h4-9,14-15,28H,10-13,16H2,1-3H3. The molecule has 0 saturated carbocycles. The predicted octanol–water partition coefficient (Wildman–Crippen LogP) is 4.62. The topological polar surface area (TPSA) is 46.0 Å². The molecule has 1 fully saturated rings. The van der Waals surface area contributed by atoms with Gasteiger partial charge in [-0.3, -0.25) is 4.98 Å². The monoisotopic (exact) mass is 429 g/mol. The third kappa shape index (κ3) is 3.75. The molecule has 6 heteroatoms. The summed E-state index contributed by atoms with van der Waals surface area (Å²) in [6.45, 7) is 10.3. The van der Waals surface area contributed by atoms with Crippen molar-refractivity contribution in [3.8, 4) is 11.3 Å². The molecule has 1 aliphatic heterocycles. The van der Waals surface area contributed by atoms with Crippen LogP contribution < -0.4 is 10.2 Å². The molecule has 2 aromatic heterocycles. The molecular weight excluding hydrogens is 401 g/mol. The van der Waals surface area contributed by atoms with Crippen LogP contribution >= 0.6 is 0 Å². The number of imidazole rings is 1. The van der Waals surface area contributed by atoms with Crippen LogP contribution in [0, 0.1) is 26.6 Å². The van der Waals surface area contributed by atoms with Crippen molar-refractivity contribution >= 4 is 17.0 Å². The number of rotatable bonds is 4. The van der Waals surface area contributed by atoms with Crippen LogP contribution in [0.3, 0.4) is 0 Å². The van der Waals surface area contributed by atoms with Gasteiger partial charge in [-0.25, -0.2) is 9.37 Å². The minimum absolute atomic E-state index is 0.173. The summed E-state index contributed by atoms with van der Waals surface area (Å²) in [6, 6.07) is 15.8. The van der Waals surface area contributed by atoms with E-state index < -0.39 is 0 Å². The molecule has 4 aromatic rings. The average molecular weight is 430 g/mol. The molecule has 3 heterocycles. The smallest absolute Gasteiger partial charge is 0.207 e. The minimum Gasteiger partial charge on any atom is -0.340 e. The molecule has 0 unspecified atom stereocenters. The highest BCUT2D eigenvalue weighted by Crippen LogP contribution is 2.33. The molecule has 1 aliphatic rings. The summed E-state index contributed by atoms with van der Waals surface area (Å²) in [5.41, 5.74) is 7.86. The Morgan fingerprint density at radius 1 is 0.938 bits per heavy atom. The van der Waals surface area contributed by atoms with Gasteiger partial charge in [0, 0.05) is 37.4 Å². The summed E-state index contributed by atoms with van der Waals surface area (Å²) in [6.07, 6.45) is 0. The predicted molar refractivity (Wildman–Crippen MR) is 128 cm³/mol. The Bertz CT molecular complexity index is 1290. The molecule has 0 amide bonds. The fourth-order valence-corrected chi connectivity index (χ4v) is 4.51.